The smallest absolute Gasteiger partial charge is 0.303 e. The summed E-state index contributed by atoms with van der Waals surface area (Å²) in [5.41, 5.74) is 0. The van der Waals surface area contributed by atoms with Crippen molar-refractivity contribution in [3.05, 3.63) is 0 Å². The molecule has 0 amide bonds. The van der Waals surface area contributed by atoms with Gasteiger partial charge in [-0.25, -0.2) is 0 Å². The lowest BCUT2D eigenvalue weighted by molar-refractivity contribution is -0.241. The molecule has 0 spiro atoms. The second kappa shape index (κ2) is 5.37. The van der Waals surface area contributed by atoms with E-state index in [-0.39, 0.29) is 13.2 Å². The molecule has 8 heteroatoms. The molecule has 0 radical (unpaired) electrons. The minimum Gasteiger partial charge on any atom is -0.460 e. The van der Waals surface area contributed by atoms with E-state index in [4.69, 9.17) is 23.7 Å². The van der Waals surface area contributed by atoms with E-state index in [2.05, 4.69) is 0 Å². The third-order valence-electron chi connectivity index (χ3n) is 3.01. The van der Waals surface area contributed by atoms with E-state index in [1.807, 2.05) is 0 Å². The summed E-state index contributed by atoms with van der Waals surface area (Å²) in [5.74, 6) is -3.03. The molecule has 0 aromatic rings. The maximum absolute atomic E-state index is 11.2. The predicted octanol–water partition coefficient (Wildman–Crippen LogP) is -0.462. The highest BCUT2D eigenvalue weighted by atomic mass is 16.8. The molecule has 0 unspecified atom stereocenters. The summed E-state index contributed by atoms with van der Waals surface area (Å²) in [7, 11) is 0. The van der Waals surface area contributed by atoms with Crippen LogP contribution in [0.1, 0.15) is 20.8 Å². The van der Waals surface area contributed by atoms with Crippen molar-refractivity contribution in [2.45, 2.75) is 44.9 Å². The number of fused-ring (bicyclic) bond motifs is 2. The van der Waals surface area contributed by atoms with E-state index < -0.39 is 42.0 Å². The van der Waals surface area contributed by atoms with E-state index in [1.165, 1.54) is 20.8 Å². The van der Waals surface area contributed by atoms with Crippen LogP contribution in [-0.4, -0.2) is 55.2 Å². The Morgan fingerprint density at radius 3 is 2.30 bits per heavy atom. The van der Waals surface area contributed by atoms with Gasteiger partial charge in [-0.3, -0.25) is 14.4 Å². The first-order chi connectivity index (χ1) is 9.34. The number of carbonyl (C=O) groups excluding carboxylic acids is 3. The van der Waals surface area contributed by atoms with Gasteiger partial charge in [0.05, 0.1) is 6.61 Å². The lowest BCUT2D eigenvalue weighted by atomic mass is 10.0. The fraction of sp³-hybridized carbons (Fsp3) is 0.750. The minimum absolute atomic E-state index is 0.164. The van der Waals surface area contributed by atoms with Crippen molar-refractivity contribution in [2.75, 3.05) is 13.2 Å². The van der Waals surface area contributed by atoms with Crippen LogP contribution in [0.25, 0.3) is 0 Å². The van der Waals surface area contributed by atoms with Crippen LogP contribution in [-0.2, 0) is 38.1 Å². The Balaban J connectivity index is 2.18. The Morgan fingerprint density at radius 1 is 1.10 bits per heavy atom. The average molecular weight is 288 g/mol. The van der Waals surface area contributed by atoms with Crippen LogP contribution in [0.5, 0.6) is 0 Å². The summed E-state index contributed by atoms with van der Waals surface area (Å²) in [4.78, 5) is 33.3. The van der Waals surface area contributed by atoms with Gasteiger partial charge >= 0.3 is 17.9 Å². The van der Waals surface area contributed by atoms with Crippen LogP contribution in [0.15, 0.2) is 0 Å². The van der Waals surface area contributed by atoms with E-state index in [0.717, 1.165) is 0 Å². The first-order valence-electron chi connectivity index (χ1n) is 6.13. The molecule has 2 fully saturated rings. The molecule has 4 atom stereocenters. The quantitative estimate of drug-likeness (QED) is 0.506. The Hall–Kier alpha value is -1.67. The van der Waals surface area contributed by atoms with E-state index in [9.17, 15) is 14.4 Å². The van der Waals surface area contributed by atoms with E-state index in [1.54, 1.807) is 0 Å². The van der Waals surface area contributed by atoms with Crippen molar-refractivity contribution in [3.63, 3.8) is 0 Å². The van der Waals surface area contributed by atoms with Crippen LogP contribution in [0.4, 0.5) is 0 Å². The molecule has 2 aliphatic heterocycles. The fourth-order valence-corrected chi connectivity index (χ4v) is 2.33. The first kappa shape index (κ1) is 14.7. The van der Waals surface area contributed by atoms with Crippen LogP contribution in [0.2, 0.25) is 0 Å². The van der Waals surface area contributed by atoms with E-state index >= 15 is 0 Å². The summed E-state index contributed by atoms with van der Waals surface area (Å²) in [6.07, 6.45) is -2.30. The van der Waals surface area contributed by atoms with Gasteiger partial charge in [0.25, 0.3) is 0 Å². The molecule has 112 valence electrons. The van der Waals surface area contributed by atoms with Crippen molar-refractivity contribution in [3.8, 4) is 0 Å². The van der Waals surface area contributed by atoms with Crippen LogP contribution in [0, 0.1) is 0 Å². The lowest BCUT2D eigenvalue weighted by Gasteiger charge is -2.33. The van der Waals surface area contributed by atoms with Gasteiger partial charge in [0, 0.05) is 20.8 Å². The van der Waals surface area contributed by atoms with Crippen LogP contribution in [0.3, 0.4) is 0 Å². The summed E-state index contributed by atoms with van der Waals surface area (Å²) >= 11 is 0. The number of esters is 3. The standard InChI is InChI=1S/C12H16O8/c1-6(13)16-5-12-11(19-8(3)15)10(18-7(2)14)9(20-12)4-17-12/h9-11H,4-5H2,1-3H3/t9-,10+,11-,12-/m1/s1. The Kier molecular flexibility index (Phi) is 3.96. The SMILES string of the molecule is CC(=O)OC[C@@]12OC[C@@H](O1)[C@H](OC(C)=O)[C@H]2OC(C)=O. The van der Waals surface area contributed by atoms with Gasteiger partial charge in [-0.2, -0.15) is 0 Å². The van der Waals surface area contributed by atoms with Gasteiger partial charge in [0.1, 0.15) is 12.7 Å². The Labute approximate surface area is 115 Å². The van der Waals surface area contributed by atoms with Gasteiger partial charge in [0.15, 0.2) is 12.2 Å². The average Bonchev–Trinajstić information content (AvgIpc) is 2.85. The third kappa shape index (κ3) is 2.75. The van der Waals surface area contributed by atoms with E-state index in [0.29, 0.717) is 0 Å². The number of hydrogen-bond donors (Lipinski definition) is 0. The van der Waals surface area contributed by atoms with Gasteiger partial charge in [-0.05, 0) is 0 Å². The van der Waals surface area contributed by atoms with Gasteiger partial charge < -0.3 is 23.7 Å². The van der Waals surface area contributed by atoms with Crippen LogP contribution >= 0.6 is 0 Å². The fourth-order valence-electron chi connectivity index (χ4n) is 2.33. The van der Waals surface area contributed by atoms with Crippen molar-refractivity contribution in [1.29, 1.82) is 0 Å². The third-order valence-corrected chi connectivity index (χ3v) is 3.01. The molecule has 2 saturated heterocycles. The molecule has 2 aliphatic rings. The number of hydrogen-bond acceptors (Lipinski definition) is 8. The van der Waals surface area contributed by atoms with Crippen molar-refractivity contribution in [1.82, 2.24) is 0 Å². The van der Waals surface area contributed by atoms with Gasteiger partial charge in [0.2, 0.25) is 5.79 Å². The summed E-state index contributed by atoms with van der Waals surface area (Å²) in [6.45, 7) is 3.63. The molecule has 8 nitrogen and oxygen atoms in total. The highest BCUT2D eigenvalue weighted by Crippen LogP contribution is 2.42. The summed E-state index contributed by atoms with van der Waals surface area (Å²) < 4.78 is 26.2. The highest BCUT2D eigenvalue weighted by Gasteiger charge is 2.65. The zero-order valence-corrected chi connectivity index (χ0v) is 11.4. The Bertz CT molecular complexity index is 433. The second-order valence-corrected chi connectivity index (χ2v) is 4.66. The Morgan fingerprint density at radius 2 is 1.75 bits per heavy atom. The molecule has 0 aromatic carbocycles. The first-order valence-corrected chi connectivity index (χ1v) is 6.13. The second-order valence-electron chi connectivity index (χ2n) is 4.66. The largest absolute Gasteiger partial charge is 0.460 e. The molecule has 0 aromatic heterocycles. The molecule has 2 heterocycles. The van der Waals surface area contributed by atoms with Crippen molar-refractivity contribution >= 4 is 17.9 Å². The zero-order chi connectivity index (χ0) is 14.9. The molecule has 2 rings (SSSR count). The molecule has 0 saturated carbocycles. The normalized spacial score (nSPS) is 34.6. The van der Waals surface area contributed by atoms with Gasteiger partial charge in [-0.1, -0.05) is 0 Å². The molecule has 20 heavy (non-hydrogen) atoms. The topological polar surface area (TPSA) is 97.4 Å². The number of carbonyl (C=O) groups is 3. The lowest BCUT2D eigenvalue weighted by Crippen LogP contribution is -2.54. The monoisotopic (exact) mass is 288 g/mol. The summed E-state index contributed by atoms with van der Waals surface area (Å²) in [5, 5.41) is 0. The highest BCUT2D eigenvalue weighted by molar-refractivity contribution is 5.68. The number of ether oxygens (including phenoxy) is 5. The van der Waals surface area contributed by atoms with Crippen molar-refractivity contribution < 1.29 is 38.1 Å². The molecule has 2 bridgehead atoms. The van der Waals surface area contributed by atoms with Crippen LogP contribution < -0.4 is 0 Å². The molecular weight excluding hydrogens is 272 g/mol. The zero-order valence-electron chi connectivity index (χ0n) is 11.4. The minimum atomic E-state index is -1.41. The maximum Gasteiger partial charge on any atom is 0.303 e. The molecular formula is C12H16O8. The molecule has 0 aliphatic carbocycles. The van der Waals surface area contributed by atoms with Gasteiger partial charge in [-0.15, -0.1) is 0 Å². The maximum atomic E-state index is 11.2. The van der Waals surface area contributed by atoms with Crippen molar-refractivity contribution in [2.24, 2.45) is 0 Å². The summed E-state index contributed by atoms with van der Waals surface area (Å²) in [6, 6.07) is 0. The number of rotatable bonds is 4. The molecule has 0 N–H and O–H groups in total. The predicted molar refractivity (Wildman–Crippen MR) is 61.3 cm³/mol.